The van der Waals surface area contributed by atoms with Crippen LogP contribution < -0.4 is 5.32 Å². The van der Waals surface area contributed by atoms with E-state index in [-0.39, 0.29) is 21.3 Å². The second-order valence-corrected chi connectivity index (χ2v) is 3.76. The summed E-state index contributed by atoms with van der Waals surface area (Å²) in [4.78, 5) is 22.1. The van der Waals surface area contributed by atoms with Gasteiger partial charge in [0.15, 0.2) is 0 Å². The second kappa shape index (κ2) is 5.53. The maximum absolute atomic E-state index is 11.2. The zero-order valence-electron chi connectivity index (χ0n) is 8.33. The van der Waals surface area contributed by atoms with Crippen molar-refractivity contribution in [3.05, 3.63) is 27.7 Å². The number of anilines is 1. The molecule has 0 radical (unpaired) electrons. The van der Waals surface area contributed by atoms with Crippen LogP contribution in [0, 0.1) is 11.3 Å². The largest absolute Gasteiger partial charge is 0.478 e. The highest BCUT2D eigenvalue weighted by molar-refractivity contribution is 6.44. The summed E-state index contributed by atoms with van der Waals surface area (Å²) in [5.41, 5.74) is -0.294. The van der Waals surface area contributed by atoms with Crippen molar-refractivity contribution in [3.63, 3.8) is 0 Å². The van der Waals surface area contributed by atoms with Gasteiger partial charge in [0, 0.05) is 0 Å². The molecule has 0 bridgehead atoms. The van der Waals surface area contributed by atoms with Gasteiger partial charge in [-0.2, -0.15) is 5.26 Å². The summed E-state index contributed by atoms with van der Waals surface area (Å²) < 4.78 is 0. The fourth-order valence-electron chi connectivity index (χ4n) is 1.11. The molecule has 0 fully saturated rings. The molecule has 1 amide bonds. The van der Waals surface area contributed by atoms with Crippen LogP contribution in [-0.2, 0) is 4.79 Å². The molecular weight excluding hydrogens is 267 g/mol. The van der Waals surface area contributed by atoms with Crippen molar-refractivity contribution in [2.75, 3.05) is 5.32 Å². The molecule has 88 valence electrons. The van der Waals surface area contributed by atoms with Gasteiger partial charge >= 0.3 is 5.97 Å². The number of carboxylic acids is 1. The fourth-order valence-corrected chi connectivity index (χ4v) is 1.48. The van der Waals surface area contributed by atoms with Gasteiger partial charge in [-0.15, -0.1) is 0 Å². The number of carbonyl (C=O) groups is 2. The molecule has 0 aliphatic heterocycles. The summed E-state index contributed by atoms with van der Waals surface area (Å²) in [6.45, 7) is 0. The Balaban J connectivity index is 3.20. The summed E-state index contributed by atoms with van der Waals surface area (Å²) in [7, 11) is 0. The van der Waals surface area contributed by atoms with Crippen LogP contribution in [0.2, 0.25) is 10.0 Å². The summed E-state index contributed by atoms with van der Waals surface area (Å²) in [5.74, 6) is -1.91. The lowest BCUT2D eigenvalue weighted by atomic mass is 10.1. The molecule has 0 aliphatic carbocycles. The number of aromatic carboxylic acids is 1. The average Bonchev–Trinajstić information content (AvgIpc) is 2.25. The van der Waals surface area contributed by atoms with Crippen molar-refractivity contribution in [1.29, 1.82) is 5.26 Å². The molecule has 0 unspecified atom stereocenters. The number of hydrogen-bond acceptors (Lipinski definition) is 3. The predicted octanol–water partition coefficient (Wildman–Crippen LogP) is 2.54. The lowest BCUT2D eigenvalue weighted by Crippen LogP contribution is -2.14. The Morgan fingerprint density at radius 1 is 1.41 bits per heavy atom. The Bertz CT molecular complexity index is 523. The molecule has 0 spiro atoms. The van der Waals surface area contributed by atoms with Gasteiger partial charge in [0.05, 0.1) is 27.4 Å². The standard InChI is InChI=1S/C10H6Cl2N2O3/c11-6-2-1-5(10(16)17)9(8(6)12)14-7(15)3-4-13/h1-2H,3H2,(H,14,15)(H,16,17). The van der Waals surface area contributed by atoms with Crippen molar-refractivity contribution in [2.24, 2.45) is 0 Å². The minimum Gasteiger partial charge on any atom is -0.478 e. The van der Waals surface area contributed by atoms with Crippen LogP contribution >= 0.6 is 23.2 Å². The topological polar surface area (TPSA) is 90.2 Å². The molecule has 2 N–H and O–H groups in total. The van der Waals surface area contributed by atoms with E-state index >= 15 is 0 Å². The number of nitriles is 1. The number of carboxylic acid groups (broad SMARTS) is 1. The Hall–Kier alpha value is -1.77. The molecule has 0 aromatic heterocycles. The Morgan fingerprint density at radius 3 is 2.59 bits per heavy atom. The molecule has 1 aromatic rings. The highest BCUT2D eigenvalue weighted by Gasteiger charge is 2.17. The lowest BCUT2D eigenvalue weighted by Gasteiger charge is -2.10. The zero-order chi connectivity index (χ0) is 13.0. The van der Waals surface area contributed by atoms with Crippen molar-refractivity contribution in [1.82, 2.24) is 0 Å². The first-order valence-electron chi connectivity index (χ1n) is 4.35. The average molecular weight is 273 g/mol. The zero-order valence-corrected chi connectivity index (χ0v) is 9.84. The molecular formula is C10H6Cl2N2O3. The molecule has 0 heterocycles. The summed E-state index contributed by atoms with van der Waals surface area (Å²) in [5, 5.41) is 19.5. The third kappa shape index (κ3) is 3.09. The van der Waals surface area contributed by atoms with Gasteiger partial charge in [0.1, 0.15) is 6.42 Å². The normalized spacial score (nSPS) is 9.47. The smallest absolute Gasteiger partial charge is 0.337 e. The summed E-state index contributed by atoms with van der Waals surface area (Å²) in [6, 6.07) is 4.17. The molecule has 5 nitrogen and oxygen atoms in total. The molecule has 0 saturated heterocycles. The Kier molecular flexibility index (Phi) is 4.32. The number of halogens is 2. The number of rotatable bonds is 3. The second-order valence-electron chi connectivity index (χ2n) is 2.97. The van der Waals surface area contributed by atoms with Crippen LogP contribution in [0.15, 0.2) is 12.1 Å². The van der Waals surface area contributed by atoms with E-state index in [4.69, 9.17) is 33.6 Å². The molecule has 17 heavy (non-hydrogen) atoms. The van der Waals surface area contributed by atoms with E-state index in [1.807, 2.05) is 0 Å². The molecule has 0 saturated carbocycles. The quantitative estimate of drug-likeness (QED) is 0.885. The van der Waals surface area contributed by atoms with Crippen LogP contribution in [0.25, 0.3) is 0 Å². The van der Waals surface area contributed by atoms with E-state index in [9.17, 15) is 9.59 Å². The van der Waals surface area contributed by atoms with Crippen molar-refractivity contribution >= 4 is 40.8 Å². The maximum atomic E-state index is 11.2. The predicted molar refractivity (Wildman–Crippen MR) is 62.3 cm³/mol. The van der Waals surface area contributed by atoms with Gasteiger partial charge in [-0.05, 0) is 12.1 Å². The van der Waals surface area contributed by atoms with Gasteiger partial charge < -0.3 is 10.4 Å². The maximum Gasteiger partial charge on any atom is 0.337 e. The van der Waals surface area contributed by atoms with E-state index in [2.05, 4.69) is 5.32 Å². The van der Waals surface area contributed by atoms with Crippen LogP contribution in [0.1, 0.15) is 16.8 Å². The van der Waals surface area contributed by atoms with Gasteiger partial charge in [0.25, 0.3) is 0 Å². The molecule has 1 aromatic carbocycles. The third-order valence-corrected chi connectivity index (χ3v) is 2.63. The third-order valence-electron chi connectivity index (χ3n) is 1.83. The van der Waals surface area contributed by atoms with Crippen molar-refractivity contribution < 1.29 is 14.7 Å². The minimum absolute atomic E-state index is 0.0714. The molecule has 0 aliphatic rings. The van der Waals surface area contributed by atoms with Crippen LogP contribution in [0.3, 0.4) is 0 Å². The van der Waals surface area contributed by atoms with E-state index in [1.54, 1.807) is 6.07 Å². The van der Waals surface area contributed by atoms with E-state index in [0.717, 1.165) is 0 Å². The van der Waals surface area contributed by atoms with Gasteiger partial charge in [0.2, 0.25) is 5.91 Å². The first-order valence-corrected chi connectivity index (χ1v) is 5.11. The Labute approximate surface area is 107 Å². The Morgan fingerprint density at radius 2 is 2.06 bits per heavy atom. The van der Waals surface area contributed by atoms with Crippen molar-refractivity contribution in [2.45, 2.75) is 6.42 Å². The van der Waals surface area contributed by atoms with Crippen LogP contribution in [0.5, 0.6) is 0 Å². The number of hydrogen-bond donors (Lipinski definition) is 2. The molecule has 7 heteroatoms. The summed E-state index contributed by atoms with van der Waals surface area (Å²) >= 11 is 11.5. The van der Waals surface area contributed by atoms with Crippen LogP contribution in [0.4, 0.5) is 5.69 Å². The molecule has 0 atom stereocenters. The van der Waals surface area contributed by atoms with E-state index < -0.39 is 18.3 Å². The van der Waals surface area contributed by atoms with Gasteiger partial charge in [-0.25, -0.2) is 4.79 Å². The fraction of sp³-hybridized carbons (Fsp3) is 0.100. The highest BCUT2D eigenvalue weighted by atomic mass is 35.5. The molecule has 1 rings (SSSR count). The van der Waals surface area contributed by atoms with E-state index in [1.165, 1.54) is 12.1 Å². The number of amides is 1. The number of carbonyl (C=O) groups excluding carboxylic acids is 1. The number of benzene rings is 1. The van der Waals surface area contributed by atoms with Crippen LogP contribution in [-0.4, -0.2) is 17.0 Å². The lowest BCUT2D eigenvalue weighted by molar-refractivity contribution is -0.115. The van der Waals surface area contributed by atoms with E-state index in [0.29, 0.717) is 0 Å². The first kappa shape index (κ1) is 13.3. The summed E-state index contributed by atoms with van der Waals surface area (Å²) in [6.07, 6.45) is -0.401. The first-order chi connectivity index (χ1) is 7.97. The van der Waals surface area contributed by atoms with Crippen molar-refractivity contribution in [3.8, 4) is 6.07 Å². The van der Waals surface area contributed by atoms with Gasteiger partial charge in [-0.3, -0.25) is 4.79 Å². The highest BCUT2D eigenvalue weighted by Crippen LogP contribution is 2.33. The minimum atomic E-state index is -1.25. The number of nitrogens with zero attached hydrogens (tertiary/aromatic N) is 1. The van der Waals surface area contributed by atoms with Gasteiger partial charge in [-0.1, -0.05) is 23.2 Å². The SMILES string of the molecule is N#CCC(=O)Nc1c(C(=O)O)ccc(Cl)c1Cl. The number of nitrogens with one attached hydrogen (secondary N) is 1. The monoisotopic (exact) mass is 272 g/mol.